The summed E-state index contributed by atoms with van der Waals surface area (Å²) in [6.45, 7) is 2.12. The summed E-state index contributed by atoms with van der Waals surface area (Å²) in [5.41, 5.74) is 0. The highest BCUT2D eigenvalue weighted by Crippen LogP contribution is 2.39. The van der Waals surface area contributed by atoms with Crippen molar-refractivity contribution in [1.29, 1.82) is 0 Å². The summed E-state index contributed by atoms with van der Waals surface area (Å²) in [6, 6.07) is 0. The minimum Gasteiger partial charge on any atom is -0.365 e. The van der Waals surface area contributed by atoms with Gasteiger partial charge in [-0.1, -0.05) is 19.8 Å². The van der Waals surface area contributed by atoms with E-state index in [4.69, 9.17) is 10.2 Å². The highest BCUT2D eigenvalue weighted by Gasteiger charge is 2.42. The van der Waals surface area contributed by atoms with E-state index in [2.05, 4.69) is 6.92 Å². The van der Waals surface area contributed by atoms with Crippen LogP contribution in [0.3, 0.4) is 0 Å². The molecule has 0 spiro atoms. The van der Waals surface area contributed by atoms with Crippen molar-refractivity contribution in [3.63, 3.8) is 0 Å². The Morgan fingerprint density at radius 2 is 2.20 bits per heavy atom. The lowest BCUT2D eigenvalue weighted by Gasteiger charge is -2.40. The number of hydrogen-bond donors (Lipinski definition) is 2. The van der Waals surface area contributed by atoms with Crippen LogP contribution in [0.25, 0.3) is 0 Å². The van der Waals surface area contributed by atoms with Crippen molar-refractivity contribution in [3.8, 4) is 0 Å². The highest BCUT2D eigenvalue weighted by molar-refractivity contribution is 4.86. The van der Waals surface area contributed by atoms with Crippen molar-refractivity contribution in [1.82, 2.24) is 0 Å². The number of aliphatic hydroxyl groups is 2. The average Bonchev–Trinajstić information content (AvgIpc) is 1.87. The first kappa shape index (κ1) is 8.02. The Hall–Kier alpha value is -0.0800. The molecule has 0 heterocycles. The molecule has 0 radical (unpaired) electrons. The lowest BCUT2D eigenvalue weighted by Crippen LogP contribution is -2.46. The third-order valence-electron chi connectivity index (χ3n) is 2.42. The van der Waals surface area contributed by atoms with Gasteiger partial charge in [0.25, 0.3) is 0 Å². The molecular formula is C8H16O2. The third-order valence-corrected chi connectivity index (χ3v) is 2.42. The lowest BCUT2D eigenvalue weighted by atomic mass is 9.75. The molecule has 0 aromatic carbocycles. The molecule has 1 rings (SSSR count). The van der Waals surface area contributed by atoms with Gasteiger partial charge >= 0.3 is 0 Å². The van der Waals surface area contributed by atoms with Crippen molar-refractivity contribution >= 4 is 0 Å². The molecule has 2 heteroatoms. The molecule has 1 unspecified atom stereocenters. The molecule has 1 saturated carbocycles. The van der Waals surface area contributed by atoms with Gasteiger partial charge in [0, 0.05) is 12.3 Å². The van der Waals surface area contributed by atoms with Crippen LogP contribution >= 0.6 is 0 Å². The third kappa shape index (κ3) is 1.50. The van der Waals surface area contributed by atoms with Crippen molar-refractivity contribution in [2.45, 2.75) is 44.8 Å². The van der Waals surface area contributed by atoms with Crippen LogP contribution in [0, 0.1) is 5.92 Å². The highest BCUT2D eigenvalue weighted by atomic mass is 16.5. The van der Waals surface area contributed by atoms with E-state index in [0.29, 0.717) is 6.42 Å². The molecule has 0 aromatic heterocycles. The topological polar surface area (TPSA) is 40.5 Å². The van der Waals surface area contributed by atoms with E-state index >= 15 is 0 Å². The van der Waals surface area contributed by atoms with E-state index in [0.717, 1.165) is 25.7 Å². The Balaban J connectivity index is 2.17. The van der Waals surface area contributed by atoms with Gasteiger partial charge in [0.2, 0.25) is 0 Å². The molecule has 1 atom stereocenters. The maximum atomic E-state index is 9.16. The first-order valence-electron chi connectivity index (χ1n) is 4.11. The summed E-state index contributed by atoms with van der Waals surface area (Å²) in [4.78, 5) is 0. The van der Waals surface area contributed by atoms with E-state index in [1.165, 1.54) is 0 Å². The molecule has 0 aromatic rings. The van der Waals surface area contributed by atoms with Crippen molar-refractivity contribution in [3.05, 3.63) is 0 Å². The zero-order valence-corrected chi connectivity index (χ0v) is 6.51. The van der Waals surface area contributed by atoms with E-state index in [-0.39, 0.29) is 5.92 Å². The van der Waals surface area contributed by atoms with Crippen molar-refractivity contribution in [2.24, 2.45) is 5.92 Å². The monoisotopic (exact) mass is 144 g/mol. The minimum absolute atomic E-state index is 0.160. The van der Waals surface area contributed by atoms with Gasteiger partial charge in [0.15, 0.2) is 5.79 Å². The molecule has 2 nitrogen and oxygen atoms in total. The van der Waals surface area contributed by atoms with Crippen LogP contribution in [0.5, 0.6) is 0 Å². The van der Waals surface area contributed by atoms with Crippen LogP contribution in [-0.2, 0) is 0 Å². The van der Waals surface area contributed by atoms with E-state index in [1.807, 2.05) is 0 Å². The maximum absolute atomic E-state index is 9.16. The normalized spacial score (nSPS) is 29.7. The van der Waals surface area contributed by atoms with Gasteiger partial charge in [0.05, 0.1) is 0 Å². The fourth-order valence-corrected chi connectivity index (χ4v) is 1.43. The van der Waals surface area contributed by atoms with Gasteiger partial charge in [-0.15, -0.1) is 0 Å². The predicted molar refractivity (Wildman–Crippen MR) is 39.4 cm³/mol. The van der Waals surface area contributed by atoms with Gasteiger partial charge in [-0.05, 0) is 12.8 Å². The van der Waals surface area contributed by atoms with Gasteiger partial charge < -0.3 is 10.2 Å². The molecule has 60 valence electrons. The van der Waals surface area contributed by atoms with Crippen LogP contribution in [-0.4, -0.2) is 16.0 Å². The smallest absolute Gasteiger partial charge is 0.165 e. The molecule has 0 amide bonds. The van der Waals surface area contributed by atoms with E-state index < -0.39 is 5.79 Å². The molecule has 1 fully saturated rings. The predicted octanol–water partition coefficient (Wildman–Crippen LogP) is 1.27. The fourth-order valence-electron chi connectivity index (χ4n) is 1.43. The summed E-state index contributed by atoms with van der Waals surface area (Å²) < 4.78 is 0. The Morgan fingerprint density at radius 1 is 1.50 bits per heavy atom. The molecule has 1 aliphatic rings. The summed E-state index contributed by atoms with van der Waals surface area (Å²) >= 11 is 0. The van der Waals surface area contributed by atoms with Crippen molar-refractivity contribution in [2.75, 3.05) is 0 Å². The van der Waals surface area contributed by atoms with E-state index in [9.17, 15) is 0 Å². The summed E-state index contributed by atoms with van der Waals surface area (Å²) in [5, 5.41) is 18.3. The second kappa shape index (κ2) is 2.89. The average molecular weight is 144 g/mol. The molecule has 0 saturated heterocycles. The fraction of sp³-hybridized carbons (Fsp3) is 1.00. The zero-order valence-electron chi connectivity index (χ0n) is 6.51. The lowest BCUT2D eigenvalue weighted by molar-refractivity contribution is -0.255. The number of rotatable bonds is 3. The summed E-state index contributed by atoms with van der Waals surface area (Å²) in [6.07, 6.45) is 4.80. The summed E-state index contributed by atoms with van der Waals surface area (Å²) in [5.74, 6) is -1.15. The Morgan fingerprint density at radius 3 is 2.50 bits per heavy atom. The van der Waals surface area contributed by atoms with Crippen LogP contribution in [0.4, 0.5) is 0 Å². The standard InChI is InChI=1S/C8H16O2/c1-2-3-4-7-5-6-8(7,9)10/h7,9-10H,2-6H2,1H3. The zero-order chi connectivity index (χ0) is 7.61. The maximum Gasteiger partial charge on any atom is 0.165 e. The quantitative estimate of drug-likeness (QED) is 0.585. The molecule has 0 aliphatic heterocycles. The van der Waals surface area contributed by atoms with Gasteiger partial charge in [-0.3, -0.25) is 0 Å². The summed E-state index contributed by atoms with van der Waals surface area (Å²) in [7, 11) is 0. The largest absolute Gasteiger partial charge is 0.365 e. The Labute approximate surface area is 61.9 Å². The van der Waals surface area contributed by atoms with Gasteiger partial charge in [-0.2, -0.15) is 0 Å². The van der Waals surface area contributed by atoms with E-state index in [1.54, 1.807) is 0 Å². The first-order chi connectivity index (χ1) is 4.67. The van der Waals surface area contributed by atoms with Crippen LogP contribution < -0.4 is 0 Å². The Bertz CT molecular complexity index is 110. The van der Waals surface area contributed by atoms with Crippen LogP contribution in [0.2, 0.25) is 0 Å². The minimum atomic E-state index is -1.31. The molecule has 1 aliphatic carbocycles. The first-order valence-corrected chi connectivity index (χ1v) is 4.11. The van der Waals surface area contributed by atoms with Crippen molar-refractivity contribution < 1.29 is 10.2 Å². The van der Waals surface area contributed by atoms with Crippen LogP contribution in [0.15, 0.2) is 0 Å². The second-order valence-corrected chi connectivity index (χ2v) is 3.26. The van der Waals surface area contributed by atoms with Gasteiger partial charge in [0.1, 0.15) is 0 Å². The Kier molecular flexibility index (Phi) is 2.32. The molecule has 0 bridgehead atoms. The number of unbranched alkanes of at least 4 members (excludes halogenated alkanes) is 1. The van der Waals surface area contributed by atoms with Crippen LogP contribution in [0.1, 0.15) is 39.0 Å². The molecular weight excluding hydrogens is 128 g/mol. The SMILES string of the molecule is CCCCC1CCC1(O)O. The number of hydrogen-bond acceptors (Lipinski definition) is 2. The van der Waals surface area contributed by atoms with Gasteiger partial charge in [-0.25, -0.2) is 0 Å². The second-order valence-electron chi connectivity index (χ2n) is 3.26. The molecule has 10 heavy (non-hydrogen) atoms. The molecule has 2 N–H and O–H groups in total.